The average molecular weight is 276 g/mol. The Morgan fingerprint density at radius 3 is 3.05 bits per heavy atom. The minimum Gasteiger partial charge on any atom is -0.368 e. The van der Waals surface area contributed by atoms with E-state index in [-0.39, 0.29) is 17.9 Å². The number of hydrogen-bond acceptors (Lipinski definition) is 7. The molecule has 0 spiro atoms. The normalized spacial score (nSPS) is 19.2. The van der Waals surface area contributed by atoms with Crippen LogP contribution in [0.2, 0.25) is 0 Å². The molecule has 1 amide bonds. The lowest BCUT2D eigenvalue weighted by Crippen LogP contribution is -2.48. The van der Waals surface area contributed by atoms with Gasteiger partial charge >= 0.3 is 0 Å². The van der Waals surface area contributed by atoms with Crippen molar-refractivity contribution in [1.29, 1.82) is 0 Å². The minimum absolute atomic E-state index is 0.269. The van der Waals surface area contributed by atoms with E-state index in [4.69, 9.17) is 11.6 Å². The van der Waals surface area contributed by atoms with E-state index in [0.29, 0.717) is 11.5 Å². The van der Waals surface area contributed by atoms with Crippen molar-refractivity contribution in [2.75, 3.05) is 16.9 Å². The molecule has 6 N–H and O–H groups in total. The molecule has 1 unspecified atom stereocenters. The molecule has 9 heteroatoms. The Kier molecular flexibility index (Phi) is 3.11. The zero-order valence-corrected chi connectivity index (χ0v) is 10.8. The maximum Gasteiger partial charge on any atom is 0.241 e. The number of nitrogens with two attached hydrogens (primary N) is 2. The highest BCUT2D eigenvalue weighted by Crippen LogP contribution is 2.29. The Balaban J connectivity index is 2.11. The molecule has 1 saturated heterocycles. The van der Waals surface area contributed by atoms with Crippen LogP contribution < -0.4 is 21.9 Å². The van der Waals surface area contributed by atoms with Gasteiger partial charge in [0.1, 0.15) is 11.9 Å². The zero-order valence-electron chi connectivity index (χ0n) is 10.8. The Bertz CT molecular complexity index is 638. The zero-order chi connectivity index (χ0) is 14.1. The number of carbonyl (C=O) groups excluding carboxylic acids is 1. The van der Waals surface area contributed by atoms with Crippen molar-refractivity contribution >= 4 is 28.7 Å². The number of nitrogens with one attached hydrogen (secondary N) is 2. The topological polar surface area (TPSA) is 139 Å². The molecular weight excluding hydrogens is 260 g/mol. The fraction of sp³-hybridized carbons (Fsp3) is 0.455. The predicted molar refractivity (Wildman–Crippen MR) is 73.7 cm³/mol. The summed E-state index contributed by atoms with van der Waals surface area (Å²) in [4.78, 5) is 22.1. The number of H-pyrrole nitrogens is 1. The summed E-state index contributed by atoms with van der Waals surface area (Å²) < 4.78 is 0. The highest BCUT2D eigenvalue weighted by atomic mass is 16.1. The summed E-state index contributed by atoms with van der Waals surface area (Å²) in [5, 5.41) is 7.49. The molecular formula is C11H16N8O. The van der Waals surface area contributed by atoms with Gasteiger partial charge in [-0.05, 0) is 19.3 Å². The predicted octanol–water partition coefficient (Wildman–Crippen LogP) is -0.517. The molecule has 0 aromatic carbocycles. The monoisotopic (exact) mass is 276 g/mol. The number of amides is 1. The summed E-state index contributed by atoms with van der Waals surface area (Å²) in [5.41, 5.74) is 8.48. The van der Waals surface area contributed by atoms with Gasteiger partial charge in [-0.2, -0.15) is 15.1 Å². The SMILES string of the molecule is NNc1nc(N2CCCCC2C(N)=O)c2cn[nH]c2n1. The van der Waals surface area contributed by atoms with Gasteiger partial charge in [0.2, 0.25) is 11.9 Å². The number of hydrazine groups is 1. The second kappa shape index (κ2) is 4.93. The molecule has 2 aromatic heterocycles. The maximum atomic E-state index is 11.6. The maximum absolute atomic E-state index is 11.6. The largest absolute Gasteiger partial charge is 0.368 e. The summed E-state index contributed by atoms with van der Waals surface area (Å²) in [6.07, 6.45) is 4.33. The van der Waals surface area contributed by atoms with Crippen LogP contribution in [0.1, 0.15) is 19.3 Å². The molecule has 1 fully saturated rings. The van der Waals surface area contributed by atoms with Crippen molar-refractivity contribution in [2.24, 2.45) is 11.6 Å². The van der Waals surface area contributed by atoms with E-state index in [0.717, 1.165) is 31.2 Å². The Morgan fingerprint density at radius 1 is 1.45 bits per heavy atom. The number of hydrogen-bond donors (Lipinski definition) is 4. The summed E-state index contributed by atoms with van der Waals surface area (Å²) in [6.45, 7) is 0.717. The van der Waals surface area contributed by atoms with E-state index < -0.39 is 0 Å². The molecule has 1 aliphatic heterocycles. The van der Waals surface area contributed by atoms with Gasteiger partial charge in [0.25, 0.3) is 0 Å². The number of aromatic amines is 1. The van der Waals surface area contributed by atoms with Crippen molar-refractivity contribution in [1.82, 2.24) is 20.2 Å². The molecule has 0 aliphatic carbocycles. The van der Waals surface area contributed by atoms with Gasteiger partial charge in [-0.15, -0.1) is 0 Å². The average Bonchev–Trinajstić information content (AvgIpc) is 2.94. The number of rotatable bonds is 3. The van der Waals surface area contributed by atoms with Crippen LogP contribution in [0.4, 0.5) is 11.8 Å². The van der Waals surface area contributed by atoms with E-state index in [2.05, 4.69) is 25.6 Å². The number of aromatic nitrogens is 4. The number of carbonyl (C=O) groups is 1. The molecule has 9 nitrogen and oxygen atoms in total. The van der Waals surface area contributed by atoms with E-state index >= 15 is 0 Å². The molecule has 1 aliphatic rings. The molecule has 0 bridgehead atoms. The van der Waals surface area contributed by atoms with Gasteiger partial charge in [0, 0.05) is 6.54 Å². The molecule has 3 heterocycles. The van der Waals surface area contributed by atoms with Gasteiger partial charge in [-0.1, -0.05) is 0 Å². The van der Waals surface area contributed by atoms with Gasteiger partial charge in [0.15, 0.2) is 5.65 Å². The van der Waals surface area contributed by atoms with Crippen LogP contribution >= 0.6 is 0 Å². The number of piperidine rings is 1. The lowest BCUT2D eigenvalue weighted by molar-refractivity contribution is -0.119. The molecule has 3 rings (SSSR count). The van der Waals surface area contributed by atoms with E-state index in [9.17, 15) is 4.79 Å². The highest BCUT2D eigenvalue weighted by molar-refractivity contribution is 5.91. The van der Waals surface area contributed by atoms with Crippen molar-refractivity contribution in [3.05, 3.63) is 6.20 Å². The first-order chi connectivity index (χ1) is 9.70. The third-order valence-corrected chi connectivity index (χ3v) is 3.52. The molecule has 1 atom stereocenters. The van der Waals surface area contributed by atoms with Gasteiger partial charge in [-0.3, -0.25) is 15.3 Å². The second-order valence-electron chi connectivity index (χ2n) is 4.75. The first-order valence-corrected chi connectivity index (χ1v) is 6.44. The van der Waals surface area contributed by atoms with Gasteiger partial charge in [-0.25, -0.2) is 5.84 Å². The van der Waals surface area contributed by atoms with Crippen LogP contribution in [-0.2, 0) is 4.79 Å². The summed E-state index contributed by atoms with van der Waals surface area (Å²) in [5.74, 6) is 5.93. The molecule has 106 valence electrons. The smallest absolute Gasteiger partial charge is 0.241 e. The third-order valence-electron chi connectivity index (χ3n) is 3.52. The minimum atomic E-state index is -0.359. The van der Waals surface area contributed by atoms with E-state index in [1.165, 1.54) is 0 Å². The molecule has 0 radical (unpaired) electrons. The molecule has 0 saturated carbocycles. The Morgan fingerprint density at radius 2 is 2.30 bits per heavy atom. The van der Waals surface area contributed by atoms with Gasteiger partial charge < -0.3 is 10.6 Å². The summed E-state index contributed by atoms with van der Waals surface area (Å²) >= 11 is 0. The lowest BCUT2D eigenvalue weighted by Gasteiger charge is -2.34. The Labute approximate surface area is 114 Å². The summed E-state index contributed by atoms with van der Waals surface area (Å²) in [7, 11) is 0. The van der Waals surface area contributed by atoms with Gasteiger partial charge in [0.05, 0.1) is 11.6 Å². The quantitative estimate of drug-likeness (QED) is 0.437. The fourth-order valence-electron chi connectivity index (χ4n) is 2.58. The first-order valence-electron chi connectivity index (χ1n) is 6.44. The Hall–Kier alpha value is -2.42. The van der Waals surface area contributed by atoms with Crippen molar-refractivity contribution in [3.63, 3.8) is 0 Å². The number of anilines is 2. The van der Waals surface area contributed by atoms with Crippen molar-refractivity contribution in [3.8, 4) is 0 Å². The summed E-state index contributed by atoms with van der Waals surface area (Å²) in [6, 6.07) is -0.359. The van der Waals surface area contributed by atoms with Crippen LogP contribution in [0, 0.1) is 0 Å². The van der Waals surface area contributed by atoms with Crippen LogP contribution in [0.25, 0.3) is 11.0 Å². The lowest BCUT2D eigenvalue weighted by atomic mass is 10.0. The third kappa shape index (κ3) is 2.01. The second-order valence-corrected chi connectivity index (χ2v) is 4.75. The van der Waals surface area contributed by atoms with Crippen LogP contribution in [-0.4, -0.2) is 38.7 Å². The fourth-order valence-corrected chi connectivity index (χ4v) is 2.58. The van der Waals surface area contributed by atoms with E-state index in [1.807, 2.05) is 4.90 Å². The number of nitrogens with zero attached hydrogens (tertiary/aromatic N) is 4. The van der Waals surface area contributed by atoms with Crippen molar-refractivity contribution < 1.29 is 4.79 Å². The van der Waals surface area contributed by atoms with Crippen LogP contribution in [0.3, 0.4) is 0 Å². The van der Waals surface area contributed by atoms with Crippen LogP contribution in [0.5, 0.6) is 0 Å². The highest BCUT2D eigenvalue weighted by Gasteiger charge is 2.29. The number of primary amides is 1. The standard InChI is InChI=1S/C11H16N8O/c12-8(20)7-3-1-2-4-19(7)10-6-5-14-18-9(6)15-11(16-10)17-13/h5,7H,1-4,13H2,(H2,12,20)(H2,14,15,16,17,18). The van der Waals surface area contributed by atoms with E-state index in [1.54, 1.807) is 6.20 Å². The first kappa shape index (κ1) is 12.6. The number of nitrogen functional groups attached to an aromatic ring is 1. The number of fused-ring (bicyclic) bond motifs is 1. The molecule has 2 aromatic rings. The van der Waals surface area contributed by atoms with Crippen LogP contribution in [0.15, 0.2) is 6.20 Å². The molecule has 20 heavy (non-hydrogen) atoms. The van der Waals surface area contributed by atoms with Crippen molar-refractivity contribution in [2.45, 2.75) is 25.3 Å².